The van der Waals surface area contributed by atoms with Crippen LogP contribution in [0.1, 0.15) is 18.7 Å². The number of fused-ring (bicyclic) bond motifs is 3. The van der Waals surface area contributed by atoms with Crippen LogP contribution in [0.5, 0.6) is 0 Å². The lowest BCUT2D eigenvalue weighted by molar-refractivity contribution is -0.745. The highest BCUT2D eigenvalue weighted by molar-refractivity contribution is 7.66. The van der Waals surface area contributed by atoms with E-state index in [1.165, 1.54) is 28.8 Å². The Morgan fingerprint density at radius 2 is 1.27 bits per heavy atom. The zero-order valence-corrected chi connectivity index (χ0v) is 42.1. The standard InChI is InChI=1S/C33H45N15O23P4/c1-45-10-48(26-16(45)28(54)44-33(36)42-26)30-20(52)18(50)12(67-30)5-64-73(56,57)70-75(60,61)71-74(58,59)65-6-13-21(62-2)22(31(68-13)46-8-39-14-23(34)37-7-38-24(14)46)69-72(3,55)63-4-11-17(49)19(51)29(66-11)47-9-40-15-25(47)41-32(35)43-27(15)53/h7-13,17-22,29-31,49-52H,4-6H2,1-3H3,(H10-,34,35,36,37,38,41,42,43,44,53,54,56,57,58,59,60,61)/p+1/t11-,12-,13-,17-,18-,19-,20-,21-,22-,29-,30-,31-,72-/m1/s1. The van der Waals surface area contributed by atoms with E-state index in [0.717, 1.165) is 35.6 Å². The number of imidazole rings is 3. The van der Waals surface area contributed by atoms with Crippen LogP contribution >= 0.6 is 31.1 Å². The molecule has 6 aromatic rings. The van der Waals surface area contributed by atoms with Crippen molar-refractivity contribution in [1.29, 1.82) is 0 Å². The van der Waals surface area contributed by atoms with Gasteiger partial charge < -0.3 is 75.8 Å². The number of hydrogen-bond donors (Lipinski definition) is 12. The molecule has 3 aliphatic heterocycles. The number of anilines is 3. The normalized spacial score (nSPS) is 30.5. The summed E-state index contributed by atoms with van der Waals surface area (Å²) >= 11 is 0. The second-order valence-electron chi connectivity index (χ2n) is 16.8. The summed E-state index contributed by atoms with van der Waals surface area (Å²) in [5.74, 6) is -0.647. The summed E-state index contributed by atoms with van der Waals surface area (Å²) in [6.45, 7) is -1.90. The van der Waals surface area contributed by atoms with Crippen molar-refractivity contribution in [3.05, 3.63) is 46.0 Å². The molecular formula is C33H46N15O23P4+. The fourth-order valence-electron chi connectivity index (χ4n) is 8.42. The maximum atomic E-state index is 14.1. The summed E-state index contributed by atoms with van der Waals surface area (Å²) in [4.78, 5) is 84.8. The monoisotopic (exact) mass is 1140 g/mol. The van der Waals surface area contributed by atoms with Crippen molar-refractivity contribution in [2.24, 2.45) is 7.05 Å². The number of H-pyrrole nitrogens is 2. The molecular weight excluding hydrogens is 1100 g/mol. The molecule has 16 atom stereocenters. The van der Waals surface area contributed by atoms with E-state index >= 15 is 0 Å². The van der Waals surface area contributed by atoms with Crippen LogP contribution in [0.4, 0.5) is 17.7 Å². The average molecular weight is 1140 g/mol. The van der Waals surface area contributed by atoms with E-state index in [-0.39, 0.29) is 51.2 Å². The second kappa shape index (κ2) is 20.4. The Kier molecular flexibility index (Phi) is 14.8. The van der Waals surface area contributed by atoms with E-state index in [9.17, 15) is 63.0 Å². The second-order valence-corrected chi connectivity index (χ2v) is 23.4. The number of ether oxygens (including phenoxy) is 4. The molecule has 42 heteroatoms. The molecule has 0 radical (unpaired) electrons. The zero-order chi connectivity index (χ0) is 54.3. The van der Waals surface area contributed by atoms with E-state index in [1.807, 2.05) is 0 Å². The van der Waals surface area contributed by atoms with Crippen molar-refractivity contribution in [2.45, 2.75) is 73.6 Å². The number of aliphatic hydroxyl groups is 4. The lowest BCUT2D eigenvalue weighted by Gasteiger charge is -2.27. The zero-order valence-electron chi connectivity index (χ0n) is 38.5. The van der Waals surface area contributed by atoms with Crippen molar-refractivity contribution >= 4 is 82.3 Å². The maximum absolute atomic E-state index is 14.1. The van der Waals surface area contributed by atoms with Gasteiger partial charge in [0.15, 0.2) is 41.4 Å². The van der Waals surface area contributed by atoms with Crippen LogP contribution in [0.25, 0.3) is 33.5 Å². The Hall–Kier alpha value is -5.11. The number of aryl methyl sites for hydroxylation is 1. The molecule has 3 unspecified atom stereocenters. The smallest absolute Gasteiger partial charge is 0.387 e. The molecule has 38 nitrogen and oxygen atoms in total. The van der Waals surface area contributed by atoms with Crippen LogP contribution in [-0.2, 0) is 71.0 Å². The van der Waals surface area contributed by atoms with Gasteiger partial charge in [-0.25, -0.2) is 38.2 Å². The Balaban J connectivity index is 0.848. The molecule has 3 aliphatic rings. The van der Waals surface area contributed by atoms with Crippen molar-refractivity contribution < 1.29 is 104 Å². The number of aliphatic hydroxyl groups excluding tert-OH is 4. The Morgan fingerprint density at radius 3 is 1.95 bits per heavy atom. The summed E-state index contributed by atoms with van der Waals surface area (Å²) < 4.78 is 111. The van der Waals surface area contributed by atoms with Gasteiger partial charge in [-0.1, -0.05) is 4.98 Å². The van der Waals surface area contributed by atoms with E-state index in [1.54, 1.807) is 0 Å². The molecule has 75 heavy (non-hydrogen) atoms. The molecule has 9 heterocycles. The molecule has 0 spiro atoms. The van der Waals surface area contributed by atoms with Gasteiger partial charge in [0.1, 0.15) is 66.8 Å². The van der Waals surface area contributed by atoms with Gasteiger partial charge in [-0.2, -0.15) is 13.6 Å². The van der Waals surface area contributed by atoms with Crippen molar-refractivity contribution in [3.63, 3.8) is 0 Å². The van der Waals surface area contributed by atoms with Gasteiger partial charge in [0, 0.05) is 13.8 Å². The molecule has 6 aromatic heterocycles. The van der Waals surface area contributed by atoms with E-state index in [2.05, 4.69) is 48.5 Å². The van der Waals surface area contributed by atoms with Gasteiger partial charge in [0.2, 0.25) is 17.7 Å². The minimum absolute atomic E-state index is 0.0106. The molecule has 0 aromatic carbocycles. The summed E-state index contributed by atoms with van der Waals surface area (Å²) in [5.41, 5.74) is 15.7. The number of aromatic nitrogens is 12. The number of nitrogens with one attached hydrogen (secondary N) is 2. The molecule has 3 fully saturated rings. The molecule has 0 aliphatic carbocycles. The van der Waals surface area contributed by atoms with E-state index in [0.29, 0.717) is 0 Å². The molecule has 15 N–H and O–H groups in total. The highest BCUT2D eigenvalue weighted by Crippen LogP contribution is 2.68. The van der Waals surface area contributed by atoms with Gasteiger partial charge in [0.25, 0.3) is 17.1 Å². The van der Waals surface area contributed by atoms with Crippen LogP contribution in [0, 0.1) is 0 Å². The van der Waals surface area contributed by atoms with Gasteiger partial charge in [-0.15, -0.1) is 0 Å². The van der Waals surface area contributed by atoms with E-state index in [4.69, 9.17) is 54.2 Å². The first-order valence-corrected chi connectivity index (χ1v) is 27.9. The minimum Gasteiger partial charge on any atom is -0.387 e. The Morgan fingerprint density at radius 1 is 0.693 bits per heavy atom. The molecule has 0 bridgehead atoms. The third kappa shape index (κ3) is 10.9. The first-order chi connectivity index (χ1) is 35.2. The molecule has 410 valence electrons. The topological polar surface area (TPSA) is 542 Å². The van der Waals surface area contributed by atoms with Crippen LogP contribution in [0.2, 0.25) is 0 Å². The number of aromatic amines is 2. The van der Waals surface area contributed by atoms with E-state index < -0.39 is 136 Å². The lowest BCUT2D eigenvalue weighted by atomic mass is 10.1. The van der Waals surface area contributed by atoms with Gasteiger partial charge in [-0.3, -0.25) is 51.4 Å². The highest BCUT2D eigenvalue weighted by Gasteiger charge is 2.53. The average Bonchev–Trinajstić information content (AvgIpc) is 4.17. The number of nitrogens with zero attached hydrogens (tertiary/aromatic N) is 10. The van der Waals surface area contributed by atoms with Gasteiger partial charge in [-0.05, 0) is 0 Å². The predicted molar refractivity (Wildman–Crippen MR) is 243 cm³/mol. The number of methoxy groups -OCH3 is 1. The number of nitrogens with two attached hydrogens (primary N) is 3. The Labute approximate surface area is 416 Å². The summed E-state index contributed by atoms with van der Waals surface area (Å²) in [6.07, 6.45) is -14.4. The van der Waals surface area contributed by atoms with Gasteiger partial charge in [0.05, 0.1) is 39.5 Å². The van der Waals surface area contributed by atoms with Gasteiger partial charge >= 0.3 is 36.7 Å². The Bertz CT molecular complexity index is 3470. The number of rotatable bonds is 19. The molecule has 0 amide bonds. The van der Waals surface area contributed by atoms with Crippen LogP contribution < -0.4 is 32.9 Å². The van der Waals surface area contributed by atoms with Crippen molar-refractivity contribution in [1.82, 2.24) is 53.6 Å². The van der Waals surface area contributed by atoms with Crippen molar-refractivity contribution in [3.8, 4) is 0 Å². The number of hydrogen-bond acceptors (Lipinski definition) is 29. The van der Waals surface area contributed by atoms with Crippen molar-refractivity contribution in [2.75, 3.05) is 50.8 Å². The third-order valence-electron chi connectivity index (χ3n) is 11.7. The summed E-state index contributed by atoms with van der Waals surface area (Å²) in [6, 6.07) is 0. The maximum Gasteiger partial charge on any atom is 0.490 e. The fraction of sp³-hybridized carbons (Fsp3) is 0.545. The number of phosphoric ester groups is 2. The van der Waals surface area contributed by atoms with Crippen LogP contribution in [0.15, 0.2) is 34.9 Å². The number of nitrogen functional groups attached to an aromatic ring is 3. The number of phosphoric acid groups is 3. The summed E-state index contributed by atoms with van der Waals surface area (Å²) in [7, 11) is -19.6. The molecule has 9 rings (SSSR count). The molecule has 0 saturated carbocycles. The van der Waals surface area contributed by atoms with Crippen LogP contribution in [0.3, 0.4) is 0 Å². The molecule has 3 saturated heterocycles. The first kappa shape index (κ1) is 54.7. The lowest BCUT2D eigenvalue weighted by Crippen LogP contribution is -2.46. The fourth-order valence-corrected chi connectivity index (χ4v) is 13.1. The predicted octanol–water partition coefficient (Wildman–Crippen LogP) is -3.99. The minimum atomic E-state index is -6.13. The largest absolute Gasteiger partial charge is 0.490 e. The summed E-state index contributed by atoms with van der Waals surface area (Å²) in [5, 5.41) is 43.3. The first-order valence-electron chi connectivity index (χ1n) is 21.4. The third-order valence-corrected chi connectivity index (χ3v) is 17.2. The van der Waals surface area contributed by atoms with Crippen LogP contribution in [-0.4, -0.2) is 177 Å². The quantitative estimate of drug-likeness (QED) is 0.0272. The highest BCUT2D eigenvalue weighted by atomic mass is 31.3. The SMILES string of the molecule is CO[C@H]1[C@@H](O[P@](C)(=O)OC[C@H]2O[C@@H](n3cnc4c(=O)[nH]c(N)nc43)[C@H](O)[C@@H]2O)[C@H](n2cnc3c(N)ncnc32)O[C@@H]1COP(=O)(O)OP(=O)(O)OP(=O)(O)OC[C@H]1O[C@@H]([n+]2cn(C)c3c(=O)[nH]c(N)nc32)[C@H](O)[C@@H]1O.